The predicted molar refractivity (Wildman–Crippen MR) is 83.6 cm³/mol. The SMILES string of the molecule is CC(CC(=O)N1CCCCCCC1)c1ccc(N)cc1. The summed E-state index contributed by atoms with van der Waals surface area (Å²) in [6, 6.07) is 7.88. The molecule has 0 aliphatic carbocycles. The highest BCUT2D eigenvalue weighted by Gasteiger charge is 2.18. The van der Waals surface area contributed by atoms with Crippen molar-refractivity contribution in [3.05, 3.63) is 29.8 Å². The fourth-order valence-corrected chi connectivity index (χ4v) is 2.83. The van der Waals surface area contributed by atoms with E-state index in [1.54, 1.807) is 0 Å². The van der Waals surface area contributed by atoms with Crippen LogP contribution in [-0.4, -0.2) is 23.9 Å². The molecule has 0 saturated carbocycles. The summed E-state index contributed by atoms with van der Waals surface area (Å²) < 4.78 is 0. The number of nitrogens with two attached hydrogens (primary N) is 1. The number of rotatable bonds is 3. The molecule has 0 aromatic heterocycles. The molecule has 1 aliphatic heterocycles. The Labute approximate surface area is 122 Å². The number of amides is 1. The maximum absolute atomic E-state index is 12.4. The molecule has 1 fully saturated rings. The van der Waals surface area contributed by atoms with E-state index in [1.807, 2.05) is 24.3 Å². The quantitative estimate of drug-likeness (QED) is 0.857. The maximum atomic E-state index is 12.4. The first-order valence-electron chi connectivity index (χ1n) is 7.80. The van der Waals surface area contributed by atoms with E-state index < -0.39 is 0 Å². The molecule has 0 bridgehead atoms. The van der Waals surface area contributed by atoms with Crippen LogP contribution in [0.3, 0.4) is 0 Å². The summed E-state index contributed by atoms with van der Waals surface area (Å²) in [7, 11) is 0. The monoisotopic (exact) mass is 274 g/mol. The van der Waals surface area contributed by atoms with Gasteiger partial charge in [-0.2, -0.15) is 0 Å². The van der Waals surface area contributed by atoms with E-state index in [-0.39, 0.29) is 5.92 Å². The first kappa shape index (κ1) is 14.9. The third kappa shape index (κ3) is 4.26. The zero-order chi connectivity index (χ0) is 14.4. The molecule has 0 radical (unpaired) electrons. The lowest BCUT2D eigenvalue weighted by atomic mass is 9.96. The van der Waals surface area contributed by atoms with Crippen LogP contribution in [0.4, 0.5) is 5.69 Å². The topological polar surface area (TPSA) is 46.3 Å². The van der Waals surface area contributed by atoms with E-state index in [1.165, 1.54) is 24.8 Å². The largest absolute Gasteiger partial charge is 0.399 e. The minimum Gasteiger partial charge on any atom is -0.399 e. The molecule has 1 saturated heterocycles. The van der Waals surface area contributed by atoms with Crippen molar-refractivity contribution in [3.8, 4) is 0 Å². The number of carbonyl (C=O) groups is 1. The average molecular weight is 274 g/mol. The van der Waals surface area contributed by atoms with E-state index in [0.29, 0.717) is 12.3 Å². The van der Waals surface area contributed by atoms with Gasteiger partial charge in [0.05, 0.1) is 0 Å². The van der Waals surface area contributed by atoms with E-state index in [4.69, 9.17) is 5.73 Å². The Bertz CT molecular complexity index is 419. The van der Waals surface area contributed by atoms with Crippen molar-refractivity contribution in [1.29, 1.82) is 0 Å². The zero-order valence-electron chi connectivity index (χ0n) is 12.5. The van der Waals surface area contributed by atoms with Crippen LogP contribution in [0, 0.1) is 0 Å². The third-order valence-electron chi connectivity index (χ3n) is 4.20. The summed E-state index contributed by atoms with van der Waals surface area (Å²) >= 11 is 0. The highest BCUT2D eigenvalue weighted by atomic mass is 16.2. The smallest absolute Gasteiger partial charge is 0.223 e. The predicted octanol–water partition coefficient (Wildman–Crippen LogP) is 3.56. The minimum absolute atomic E-state index is 0.258. The van der Waals surface area contributed by atoms with Gasteiger partial charge in [-0.15, -0.1) is 0 Å². The van der Waals surface area contributed by atoms with Crippen LogP contribution in [0.5, 0.6) is 0 Å². The molecule has 1 aromatic carbocycles. The molecule has 1 heterocycles. The van der Waals surface area contributed by atoms with Crippen molar-refractivity contribution in [1.82, 2.24) is 4.90 Å². The Morgan fingerprint density at radius 1 is 1.10 bits per heavy atom. The molecule has 1 unspecified atom stereocenters. The summed E-state index contributed by atoms with van der Waals surface area (Å²) in [6.45, 7) is 3.99. The highest BCUT2D eigenvalue weighted by Crippen LogP contribution is 2.22. The summed E-state index contributed by atoms with van der Waals surface area (Å²) in [5.74, 6) is 0.560. The van der Waals surface area contributed by atoms with Crippen molar-refractivity contribution in [2.45, 2.75) is 51.4 Å². The van der Waals surface area contributed by atoms with Gasteiger partial charge in [-0.25, -0.2) is 0 Å². The number of benzene rings is 1. The van der Waals surface area contributed by atoms with Crippen LogP contribution in [-0.2, 0) is 4.79 Å². The molecular formula is C17H26N2O. The van der Waals surface area contributed by atoms with Crippen LogP contribution < -0.4 is 5.73 Å². The van der Waals surface area contributed by atoms with Crippen molar-refractivity contribution < 1.29 is 4.79 Å². The normalized spacial score (nSPS) is 18.1. The number of nitrogens with zero attached hydrogens (tertiary/aromatic N) is 1. The standard InChI is InChI=1S/C17H26N2O/c1-14(15-7-9-16(18)10-8-15)13-17(20)19-11-5-3-2-4-6-12-19/h7-10,14H,2-6,11-13,18H2,1H3. The van der Waals surface area contributed by atoms with Crippen molar-refractivity contribution >= 4 is 11.6 Å². The number of likely N-dealkylation sites (tertiary alicyclic amines) is 1. The van der Waals surface area contributed by atoms with E-state index in [2.05, 4.69) is 11.8 Å². The van der Waals surface area contributed by atoms with Gasteiger partial charge in [-0.1, -0.05) is 38.3 Å². The first-order chi connectivity index (χ1) is 9.66. The molecule has 3 nitrogen and oxygen atoms in total. The molecule has 1 amide bonds. The Kier molecular flexibility index (Phi) is 5.45. The average Bonchev–Trinajstić information content (AvgIpc) is 2.38. The van der Waals surface area contributed by atoms with E-state index >= 15 is 0 Å². The molecule has 3 heteroatoms. The molecular weight excluding hydrogens is 248 g/mol. The minimum atomic E-state index is 0.258. The lowest BCUT2D eigenvalue weighted by Crippen LogP contribution is -2.34. The number of hydrogen-bond donors (Lipinski definition) is 1. The Morgan fingerprint density at radius 3 is 2.25 bits per heavy atom. The lowest BCUT2D eigenvalue weighted by molar-refractivity contribution is -0.131. The Morgan fingerprint density at radius 2 is 1.65 bits per heavy atom. The number of carbonyl (C=O) groups excluding carboxylic acids is 1. The molecule has 0 spiro atoms. The highest BCUT2D eigenvalue weighted by molar-refractivity contribution is 5.77. The van der Waals surface area contributed by atoms with Crippen LogP contribution >= 0.6 is 0 Å². The van der Waals surface area contributed by atoms with Gasteiger partial charge in [0.15, 0.2) is 0 Å². The van der Waals surface area contributed by atoms with Crippen LogP contribution in [0.25, 0.3) is 0 Å². The van der Waals surface area contributed by atoms with Gasteiger partial charge in [0.2, 0.25) is 5.91 Å². The molecule has 1 aromatic rings. The van der Waals surface area contributed by atoms with Crippen molar-refractivity contribution in [3.63, 3.8) is 0 Å². The van der Waals surface area contributed by atoms with Gasteiger partial charge in [0.25, 0.3) is 0 Å². The zero-order valence-corrected chi connectivity index (χ0v) is 12.5. The van der Waals surface area contributed by atoms with Gasteiger partial charge in [-0.05, 0) is 36.5 Å². The fourth-order valence-electron chi connectivity index (χ4n) is 2.83. The van der Waals surface area contributed by atoms with Gasteiger partial charge < -0.3 is 10.6 Å². The summed E-state index contributed by atoms with van der Waals surface area (Å²) in [4.78, 5) is 14.5. The molecule has 1 aliphatic rings. The van der Waals surface area contributed by atoms with Crippen LogP contribution in [0.15, 0.2) is 24.3 Å². The number of anilines is 1. The maximum Gasteiger partial charge on any atom is 0.223 e. The van der Waals surface area contributed by atoms with E-state index in [9.17, 15) is 4.79 Å². The lowest BCUT2D eigenvalue weighted by Gasteiger charge is -2.26. The Balaban J connectivity index is 1.90. The summed E-state index contributed by atoms with van der Waals surface area (Å²) in [5, 5.41) is 0. The first-order valence-corrected chi connectivity index (χ1v) is 7.80. The van der Waals surface area contributed by atoms with Gasteiger partial charge in [0.1, 0.15) is 0 Å². The van der Waals surface area contributed by atoms with Gasteiger partial charge in [-0.3, -0.25) is 4.79 Å². The molecule has 20 heavy (non-hydrogen) atoms. The fraction of sp³-hybridized carbons (Fsp3) is 0.588. The van der Waals surface area contributed by atoms with E-state index in [0.717, 1.165) is 31.6 Å². The van der Waals surface area contributed by atoms with Crippen LogP contribution in [0.1, 0.15) is 56.9 Å². The second-order valence-electron chi connectivity index (χ2n) is 5.92. The number of nitrogen functional groups attached to an aromatic ring is 1. The second kappa shape index (κ2) is 7.32. The van der Waals surface area contributed by atoms with Gasteiger partial charge in [0, 0.05) is 25.2 Å². The summed E-state index contributed by atoms with van der Waals surface area (Å²) in [6.07, 6.45) is 6.76. The van der Waals surface area contributed by atoms with Crippen LogP contribution in [0.2, 0.25) is 0 Å². The molecule has 2 rings (SSSR count). The van der Waals surface area contributed by atoms with Crippen molar-refractivity contribution in [2.24, 2.45) is 0 Å². The second-order valence-corrected chi connectivity index (χ2v) is 5.92. The number of hydrogen-bond acceptors (Lipinski definition) is 2. The third-order valence-corrected chi connectivity index (χ3v) is 4.20. The molecule has 2 N–H and O–H groups in total. The van der Waals surface area contributed by atoms with Gasteiger partial charge >= 0.3 is 0 Å². The van der Waals surface area contributed by atoms with Crippen molar-refractivity contribution in [2.75, 3.05) is 18.8 Å². The summed E-state index contributed by atoms with van der Waals surface area (Å²) in [5.41, 5.74) is 7.67. The Hall–Kier alpha value is -1.51. The molecule has 110 valence electrons. The molecule has 1 atom stereocenters.